The van der Waals surface area contributed by atoms with Crippen LogP contribution < -0.4 is 11.1 Å². The molecular weight excluding hydrogens is 270 g/mol. The standard InChI is InChI=1S/C9H9BrClFN2/c10-8-5-1-4(3-13)14-7(5)2-6(12)9(8)11/h2,4,14H,1,3,13H2. The maximum absolute atomic E-state index is 13.2. The Hall–Kier alpha value is -0.320. The number of anilines is 1. The van der Waals surface area contributed by atoms with Crippen molar-refractivity contribution in [3.8, 4) is 0 Å². The molecule has 1 aliphatic rings. The van der Waals surface area contributed by atoms with Gasteiger partial charge in [0.2, 0.25) is 0 Å². The van der Waals surface area contributed by atoms with Crippen molar-refractivity contribution in [2.24, 2.45) is 5.73 Å². The minimum atomic E-state index is -0.414. The summed E-state index contributed by atoms with van der Waals surface area (Å²) in [5.74, 6) is -0.414. The average Bonchev–Trinajstić information content (AvgIpc) is 2.57. The summed E-state index contributed by atoms with van der Waals surface area (Å²) in [6.45, 7) is 0.528. The van der Waals surface area contributed by atoms with Crippen molar-refractivity contribution in [2.45, 2.75) is 12.5 Å². The van der Waals surface area contributed by atoms with Crippen molar-refractivity contribution in [1.82, 2.24) is 0 Å². The van der Waals surface area contributed by atoms with Crippen LogP contribution in [0.15, 0.2) is 10.5 Å². The van der Waals surface area contributed by atoms with Gasteiger partial charge in [0.15, 0.2) is 0 Å². The smallest absolute Gasteiger partial charge is 0.145 e. The Bertz CT molecular complexity index is 384. The predicted molar refractivity (Wildman–Crippen MR) is 59.3 cm³/mol. The van der Waals surface area contributed by atoms with Gasteiger partial charge in [-0.15, -0.1) is 0 Å². The molecule has 1 unspecified atom stereocenters. The van der Waals surface area contributed by atoms with Crippen molar-refractivity contribution in [1.29, 1.82) is 0 Å². The minimum absolute atomic E-state index is 0.142. The van der Waals surface area contributed by atoms with E-state index in [2.05, 4.69) is 21.2 Å². The van der Waals surface area contributed by atoms with Gasteiger partial charge in [0.25, 0.3) is 0 Å². The highest BCUT2D eigenvalue weighted by molar-refractivity contribution is 9.10. The van der Waals surface area contributed by atoms with Crippen LogP contribution in [0.25, 0.3) is 0 Å². The zero-order chi connectivity index (χ0) is 10.3. The van der Waals surface area contributed by atoms with Gasteiger partial charge < -0.3 is 11.1 Å². The highest BCUT2D eigenvalue weighted by atomic mass is 79.9. The highest BCUT2D eigenvalue weighted by Crippen LogP contribution is 2.38. The molecule has 0 saturated heterocycles. The number of hydrogen-bond acceptors (Lipinski definition) is 2. The van der Waals surface area contributed by atoms with Crippen molar-refractivity contribution < 1.29 is 4.39 Å². The number of hydrogen-bond donors (Lipinski definition) is 2. The lowest BCUT2D eigenvalue weighted by molar-refractivity contribution is 0.627. The van der Waals surface area contributed by atoms with Gasteiger partial charge in [0.1, 0.15) is 5.82 Å². The topological polar surface area (TPSA) is 38.0 Å². The molecule has 1 heterocycles. The van der Waals surface area contributed by atoms with Gasteiger partial charge in [-0.3, -0.25) is 0 Å². The zero-order valence-corrected chi connectivity index (χ0v) is 9.62. The molecule has 0 spiro atoms. The lowest BCUT2D eigenvalue weighted by Crippen LogP contribution is -2.25. The van der Waals surface area contributed by atoms with Gasteiger partial charge in [-0.05, 0) is 34.0 Å². The first kappa shape index (κ1) is 10.2. The molecule has 76 valence electrons. The summed E-state index contributed by atoms with van der Waals surface area (Å²) in [7, 11) is 0. The van der Waals surface area contributed by atoms with Crippen LogP contribution in [0, 0.1) is 5.82 Å². The SMILES string of the molecule is NCC1Cc2c(cc(F)c(Cl)c2Br)N1. The monoisotopic (exact) mass is 278 g/mol. The molecule has 1 aliphatic heterocycles. The molecule has 0 amide bonds. The number of rotatable bonds is 1. The highest BCUT2D eigenvalue weighted by Gasteiger charge is 2.24. The Balaban J connectivity index is 2.48. The average molecular weight is 280 g/mol. The number of nitrogens with two attached hydrogens (primary N) is 1. The van der Waals surface area contributed by atoms with Gasteiger partial charge in [0, 0.05) is 22.7 Å². The molecule has 0 aromatic heterocycles. The van der Waals surface area contributed by atoms with Gasteiger partial charge in [-0.2, -0.15) is 0 Å². The van der Waals surface area contributed by atoms with E-state index < -0.39 is 5.82 Å². The van der Waals surface area contributed by atoms with E-state index in [-0.39, 0.29) is 11.1 Å². The van der Waals surface area contributed by atoms with E-state index in [0.717, 1.165) is 17.7 Å². The van der Waals surface area contributed by atoms with E-state index in [1.54, 1.807) is 0 Å². The molecule has 1 aromatic rings. The Kier molecular flexibility index (Phi) is 2.68. The fraction of sp³-hybridized carbons (Fsp3) is 0.333. The summed E-state index contributed by atoms with van der Waals surface area (Å²) < 4.78 is 13.9. The van der Waals surface area contributed by atoms with E-state index in [4.69, 9.17) is 17.3 Å². The Morgan fingerprint density at radius 2 is 2.43 bits per heavy atom. The van der Waals surface area contributed by atoms with Crippen molar-refractivity contribution in [3.63, 3.8) is 0 Å². The molecule has 0 aliphatic carbocycles. The maximum atomic E-state index is 13.2. The van der Waals surface area contributed by atoms with Crippen LogP contribution in [0.4, 0.5) is 10.1 Å². The van der Waals surface area contributed by atoms with Gasteiger partial charge in [-0.1, -0.05) is 11.6 Å². The number of halogens is 3. The van der Waals surface area contributed by atoms with E-state index >= 15 is 0 Å². The first-order valence-corrected chi connectivity index (χ1v) is 5.43. The summed E-state index contributed by atoms with van der Waals surface area (Å²) in [5, 5.41) is 3.28. The fourth-order valence-corrected chi connectivity index (χ4v) is 2.35. The van der Waals surface area contributed by atoms with E-state index in [1.807, 2.05) is 0 Å². The van der Waals surface area contributed by atoms with Gasteiger partial charge in [-0.25, -0.2) is 4.39 Å². The molecule has 5 heteroatoms. The molecule has 0 bridgehead atoms. The normalized spacial score (nSPS) is 19.3. The minimum Gasteiger partial charge on any atom is -0.380 e. The van der Waals surface area contributed by atoms with Crippen LogP contribution in [0.3, 0.4) is 0 Å². The lowest BCUT2D eigenvalue weighted by atomic mass is 10.1. The van der Waals surface area contributed by atoms with Crippen molar-refractivity contribution >= 4 is 33.2 Å². The quantitative estimate of drug-likeness (QED) is 0.775. The Morgan fingerprint density at radius 1 is 1.71 bits per heavy atom. The second-order valence-electron chi connectivity index (χ2n) is 3.29. The summed E-state index contributed by atoms with van der Waals surface area (Å²) in [4.78, 5) is 0. The van der Waals surface area contributed by atoms with E-state index in [9.17, 15) is 4.39 Å². The maximum Gasteiger partial charge on any atom is 0.145 e. The third kappa shape index (κ3) is 1.51. The second kappa shape index (κ2) is 3.68. The van der Waals surface area contributed by atoms with Crippen LogP contribution in [0.2, 0.25) is 5.02 Å². The number of nitrogens with one attached hydrogen (secondary N) is 1. The molecule has 3 N–H and O–H groups in total. The van der Waals surface area contributed by atoms with E-state index in [0.29, 0.717) is 11.0 Å². The van der Waals surface area contributed by atoms with Gasteiger partial charge in [0.05, 0.1) is 5.02 Å². The first-order valence-electron chi connectivity index (χ1n) is 4.26. The molecule has 14 heavy (non-hydrogen) atoms. The predicted octanol–water partition coefficient (Wildman–Crippen LogP) is 2.54. The van der Waals surface area contributed by atoms with Crippen LogP contribution >= 0.6 is 27.5 Å². The summed E-state index contributed by atoms with van der Waals surface area (Å²) >= 11 is 9.06. The molecular formula is C9H9BrClFN2. The molecule has 2 nitrogen and oxygen atoms in total. The largest absolute Gasteiger partial charge is 0.380 e. The summed E-state index contributed by atoms with van der Waals surface area (Å²) in [6.07, 6.45) is 0.784. The number of fused-ring (bicyclic) bond motifs is 1. The first-order chi connectivity index (χ1) is 6.63. The lowest BCUT2D eigenvalue weighted by Gasteiger charge is -2.06. The third-order valence-electron chi connectivity index (χ3n) is 2.36. The number of benzene rings is 1. The fourth-order valence-electron chi connectivity index (χ4n) is 1.62. The molecule has 1 atom stereocenters. The van der Waals surface area contributed by atoms with Crippen molar-refractivity contribution in [3.05, 3.63) is 26.9 Å². The van der Waals surface area contributed by atoms with Crippen molar-refractivity contribution in [2.75, 3.05) is 11.9 Å². The summed E-state index contributed by atoms with van der Waals surface area (Å²) in [5.41, 5.74) is 7.33. The molecule has 1 aromatic carbocycles. The molecule has 2 rings (SSSR count). The van der Waals surface area contributed by atoms with E-state index in [1.165, 1.54) is 6.07 Å². The molecule has 0 saturated carbocycles. The molecule has 0 fully saturated rings. The zero-order valence-electron chi connectivity index (χ0n) is 7.28. The second-order valence-corrected chi connectivity index (χ2v) is 4.46. The van der Waals surface area contributed by atoms with Gasteiger partial charge >= 0.3 is 0 Å². The Labute approximate surface area is 94.7 Å². The summed E-state index contributed by atoms with van der Waals surface area (Å²) in [6, 6.07) is 1.59. The van der Waals surface area contributed by atoms with Crippen LogP contribution in [0.5, 0.6) is 0 Å². The van der Waals surface area contributed by atoms with Crippen LogP contribution in [0.1, 0.15) is 5.56 Å². The third-order valence-corrected chi connectivity index (χ3v) is 3.83. The Morgan fingerprint density at radius 3 is 3.07 bits per heavy atom. The molecule has 0 radical (unpaired) electrons. The van der Waals surface area contributed by atoms with Crippen LogP contribution in [-0.4, -0.2) is 12.6 Å². The van der Waals surface area contributed by atoms with Crippen LogP contribution in [-0.2, 0) is 6.42 Å².